The summed E-state index contributed by atoms with van der Waals surface area (Å²) in [6.07, 6.45) is 6.62. The Morgan fingerprint density at radius 3 is 2.78 bits per heavy atom. The first-order valence-electron chi connectivity index (χ1n) is 11.5. The van der Waals surface area contributed by atoms with Gasteiger partial charge in [0.1, 0.15) is 18.0 Å². The number of benzene rings is 1. The maximum Gasteiger partial charge on any atom is 0.257 e. The van der Waals surface area contributed by atoms with E-state index < -0.39 is 0 Å². The van der Waals surface area contributed by atoms with Crippen LogP contribution in [-0.4, -0.2) is 70.5 Å². The summed E-state index contributed by atoms with van der Waals surface area (Å²) in [7, 11) is 0. The van der Waals surface area contributed by atoms with Gasteiger partial charge in [-0.2, -0.15) is 0 Å². The minimum Gasteiger partial charge on any atom is -0.486 e. The summed E-state index contributed by atoms with van der Waals surface area (Å²) < 4.78 is 13.8. The molecule has 32 heavy (non-hydrogen) atoms. The van der Waals surface area contributed by atoms with Crippen LogP contribution in [0, 0.1) is 6.92 Å². The fraction of sp³-hybridized carbons (Fsp3) is 0.440. The number of pyridine rings is 1. The van der Waals surface area contributed by atoms with Gasteiger partial charge in [0.2, 0.25) is 0 Å². The molecule has 2 aliphatic rings. The Labute approximate surface area is 188 Å². The summed E-state index contributed by atoms with van der Waals surface area (Å²) >= 11 is 0. The van der Waals surface area contributed by atoms with Crippen LogP contribution in [0.4, 0.5) is 0 Å². The molecule has 0 N–H and O–H groups in total. The van der Waals surface area contributed by atoms with E-state index in [1.807, 2.05) is 65.0 Å². The second kappa shape index (κ2) is 9.30. The molecule has 1 aromatic carbocycles. The lowest BCUT2D eigenvalue weighted by Gasteiger charge is -2.35. The van der Waals surface area contributed by atoms with Crippen molar-refractivity contribution in [1.29, 1.82) is 0 Å². The summed E-state index contributed by atoms with van der Waals surface area (Å²) in [4.78, 5) is 22.3. The van der Waals surface area contributed by atoms with Crippen LogP contribution in [0.1, 0.15) is 34.5 Å². The number of imidazole rings is 1. The molecule has 3 aromatic rings. The molecule has 2 fully saturated rings. The molecule has 5 rings (SSSR count). The third-order valence-corrected chi connectivity index (χ3v) is 6.37. The lowest BCUT2D eigenvalue weighted by atomic mass is 10.1. The number of carbonyl (C=O) groups excluding carboxylic acids is 1. The standard InChI is InChI=1S/C25H30N4O3/c1-19-6-4-10-29-16-20(26-24(19)29)18-32-23-9-3-2-8-22(23)25(30)28-13-11-27(12-14-28)17-21-7-5-15-31-21/h2-4,6,8-10,16,21H,5,7,11-15,17-18H2,1H3. The predicted octanol–water partition coefficient (Wildman–Crippen LogP) is 3.16. The summed E-state index contributed by atoms with van der Waals surface area (Å²) in [6.45, 7) is 7.44. The summed E-state index contributed by atoms with van der Waals surface area (Å²) in [5.41, 5.74) is 3.49. The molecule has 2 aliphatic heterocycles. The number of amides is 1. The van der Waals surface area contributed by atoms with E-state index in [0.717, 1.165) is 69.1 Å². The lowest BCUT2D eigenvalue weighted by Crippen LogP contribution is -2.50. The van der Waals surface area contributed by atoms with Crippen LogP contribution in [0.3, 0.4) is 0 Å². The van der Waals surface area contributed by atoms with E-state index in [2.05, 4.69) is 9.88 Å². The molecule has 168 valence electrons. The zero-order valence-corrected chi connectivity index (χ0v) is 18.6. The summed E-state index contributed by atoms with van der Waals surface area (Å²) in [5, 5.41) is 0. The number of para-hydroxylation sites is 1. The molecule has 0 spiro atoms. The topological polar surface area (TPSA) is 59.3 Å². The van der Waals surface area contributed by atoms with Crippen molar-refractivity contribution in [3.05, 3.63) is 65.6 Å². The number of hydrogen-bond donors (Lipinski definition) is 0. The van der Waals surface area contributed by atoms with E-state index in [-0.39, 0.29) is 5.91 Å². The highest BCUT2D eigenvalue weighted by atomic mass is 16.5. The fourth-order valence-electron chi connectivity index (χ4n) is 4.58. The third-order valence-electron chi connectivity index (χ3n) is 6.37. The van der Waals surface area contributed by atoms with Crippen LogP contribution in [0.15, 0.2) is 48.8 Å². The van der Waals surface area contributed by atoms with Crippen molar-refractivity contribution in [3.63, 3.8) is 0 Å². The fourth-order valence-corrected chi connectivity index (χ4v) is 4.58. The molecule has 0 radical (unpaired) electrons. The van der Waals surface area contributed by atoms with Crippen molar-refractivity contribution in [1.82, 2.24) is 19.2 Å². The van der Waals surface area contributed by atoms with Gasteiger partial charge in [0, 0.05) is 51.7 Å². The quantitative estimate of drug-likeness (QED) is 0.597. The van der Waals surface area contributed by atoms with Crippen molar-refractivity contribution < 1.29 is 14.3 Å². The lowest BCUT2D eigenvalue weighted by molar-refractivity contribution is 0.0430. The van der Waals surface area contributed by atoms with E-state index in [4.69, 9.17) is 9.47 Å². The molecule has 4 heterocycles. The molecule has 0 aliphatic carbocycles. The molecule has 0 bridgehead atoms. The van der Waals surface area contributed by atoms with Gasteiger partial charge >= 0.3 is 0 Å². The van der Waals surface area contributed by atoms with E-state index in [1.165, 1.54) is 0 Å². The number of fused-ring (bicyclic) bond motifs is 1. The predicted molar refractivity (Wildman–Crippen MR) is 122 cm³/mol. The number of aryl methyl sites for hydroxylation is 1. The summed E-state index contributed by atoms with van der Waals surface area (Å²) in [5.74, 6) is 0.635. The van der Waals surface area contributed by atoms with Crippen LogP contribution < -0.4 is 4.74 Å². The number of aromatic nitrogens is 2. The highest BCUT2D eigenvalue weighted by Crippen LogP contribution is 2.23. The van der Waals surface area contributed by atoms with Gasteiger partial charge in [-0.05, 0) is 43.5 Å². The monoisotopic (exact) mass is 434 g/mol. The van der Waals surface area contributed by atoms with Gasteiger partial charge < -0.3 is 18.8 Å². The smallest absolute Gasteiger partial charge is 0.257 e. The molecule has 1 atom stereocenters. The first kappa shape index (κ1) is 21.0. The molecule has 7 heteroatoms. The first-order chi connectivity index (χ1) is 15.7. The average molecular weight is 435 g/mol. The van der Waals surface area contributed by atoms with E-state index in [9.17, 15) is 4.79 Å². The number of nitrogens with zero attached hydrogens (tertiary/aromatic N) is 4. The van der Waals surface area contributed by atoms with Crippen molar-refractivity contribution in [2.24, 2.45) is 0 Å². The van der Waals surface area contributed by atoms with Crippen LogP contribution in [-0.2, 0) is 11.3 Å². The van der Waals surface area contributed by atoms with Crippen LogP contribution in [0.5, 0.6) is 5.75 Å². The largest absolute Gasteiger partial charge is 0.486 e. The number of carbonyl (C=O) groups is 1. The van der Waals surface area contributed by atoms with Crippen LogP contribution >= 0.6 is 0 Å². The van der Waals surface area contributed by atoms with Gasteiger partial charge in [-0.1, -0.05) is 18.2 Å². The highest BCUT2D eigenvalue weighted by Gasteiger charge is 2.26. The molecular weight excluding hydrogens is 404 g/mol. The number of piperazine rings is 1. The normalized spacial score (nSPS) is 19.5. The van der Waals surface area contributed by atoms with E-state index in [1.54, 1.807) is 0 Å². The Kier molecular flexibility index (Phi) is 6.10. The molecule has 2 aromatic heterocycles. The third kappa shape index (κ3) is 4.49. The van der Waals surface area contributed by atoms with Crippen molar-refractivity contribution >= 4 is 11.6 Å². The highest BCUT2D eigenvalue weighted by molar-refractivity contribution is 5.97. The summed E-state index contributed by atoms with van der Waals surface area (Å²) in [6, 6.07) is 11.6. The van der Waals surface area contributed by atoms with E-state index >= 15 is 0 Å². The molecular formula is C25H30N4O3. The van der Waals surface area contributed by atoms with Gasteiger partial charge in [-0.25, -0.2) is 4.98 Å². The SMILES string of the molecule is Cc1cccn2cc(COc3ccccc3C(=O)N3CCN(CC4CCCO4)CC3)nc12. The second-order valence-electron chi connectivity index (χ2n) is 8.67. The van der Waals surface area contributed by atoms with Crippen molar-refractivity contribution in [2.45, 2.75) is 32.5 Å². The number of rotatable bonds is 6. The molecule has 2 saturated heterocycles. The van der Waals surface area contributed by atoms with Gasteiger partial charge in [-0.3, -0.25) is 9.69 Å². The Morgan fingerprint density at radius 2 is 2.00 bits per heavy atom. The van der Waals surface area contributed by atoms with E-state index in [0.29, 0.717) is 24.0 Å². The molecule has 0 saturated carbocycles. The average Bonchev–Trinajstić information content (AvgIpc) is 3.48. The Morgan fingerprint density at radius 1 is 1.16 bits per heavy atom. The zero-order chi connectivity index (χ0) is 21.9. The van der Waals surface area contributed by atoms with Crippen molar-refractivity contribution in [2.75, 3.05) is 39.3 Å². The van der Waals surface area contributed by atoms with Gasteiger partial charge in [-0.15, -0.1) is 0 Å². The Bertz CT molecular complexity index is 1080. The first-order valence-corrected chi connectivity index (χ1v) is 11.5. The minimum atomic E-state index is 0.0308. The molecule has 1 unspecified atom stereocenters. The Hall–Kier alpha value is -2.90. The molecule has 7 nitrogen and oxygen atoms in total. The van der Waals surface area contributed by atoms with Crippen molar-refractivity contribution in [3.8, 4) is 5.75 Å². The Balaban J connectivity index is 1.22. The second-order valence-corrected chi connectivity index (χ2v) is 8.67. The number of ether oxygens (including phenoxy) is 2. The minimum absolute atomic E-state index is 0.0308. The molecule has 1 amide bonds. The van der Waals surface area contributed by atoms with Crippen LogP contribution in [0.2, 0.25) is 0 Å². The van der Waals surface area contributed by atoms with Gasteiger partial charge in [0.25, 0.3) is 5.91 Å². The zero-order valence-electron chi connectivity index (χ0n) is 18.6. The maximum absolute atomic E-state index is 13.3. The maximum atomic E-state index is 13.3. The number of hydrogen-bond acceptors (Lipinski definition) is 5. The van der Waals surface area contributed by atoms with Crippen LogP contribution in [0.25, 0.3) is 5.65 Å². The van der Waals surface area contributed by atoms with Gasteiger partial charge in [0.15, 0.2) is 0 Å². The van der Waals surface area contributed by atoms with Gasteiger partial charge in [0.05, 0.1) is 17.4 Å².